The van der Waals surface area contributed by atoms with E-state index in [1.807, 2.05) is 0 Å². The number of piperazine rings is 1. The first-order valence-corrected chi connectivity index (χ1v) is 9.64. The van der Waals surface area contributed by atoms with Crippen molar-refractivity contribution in [3.63, 3.8) is 0 Å². The fourth-order valence-electron chi connectivity index (χ4n) is 3.22. The van der Waals surface area contributed by atoms with Crippen molar-refractivity contribution in [1.29, 1.82) is 0 Å². The molecule has 2 heterocycles. The predicted octanol–water partition coefficient (Wildman–Crippen LogP) is 2.30. The van der Waals surface area contributed by atoms with Crippen LogP contribution >= 0.6 is 0 Å². The van der Waals surface area contributed by atoms with Crippen molar-refractivity contribution in [3.05, 3.63) is 41.6 Å². The van der Waals surface area contributed by atoms with Gasteiger partial charge in [0.15, 0.2) is 0 Å². The second kappa shape index (κ2) is 9.06. The summed E-state index contributed by atoms with van der Waals surface area (Å²) in [5.74, 6) is 0.579. The Morgan fingerprint density at radius 2 is 1.69 bits per heavy atom. The molecule has 29 heavy (non-hydrogen) atoms. The maximum atomic E-state index is 12.8. The highest BCUT2D eigenvalue weighted by molar-refractivity contribution is 5.61. The smallest absolute Gasteiger partial charge is 0.338 e. The number of hydrogen-bond donors (Lipinski definition) is 1. The normalized spacial score (nSPS) is 15.9. The number of rotatable bonds is 6. The number of aromatic nitrogens is 2. The van der Waals surface area contributed by atoms with Crippen LogP contribution in [0.3, 0.4) is 0 Å². The molecule has 0 spiro atoms. The number of benzene rings is 1. The summed E-state index contributed by atoms with van der Waals surface area (Å²) in [4.78, 5) is 15.8. The van der Waals surface area contributed by atoms with E-state index in [0.717, 1.165) is 51.4 Å². The number of nitrogens with two attached hydrogens (primary N) is 1. The lowest BCUT2D eigenvalue weighted by Gasteiger charge is -2.35. The van der Waals surface area contributed by atoms with Crippen LogP contribution in [0.25, 0.3) is 11.3 Å². The topological polar surface area (TPSA) is 61.5 Å². The van der Waals surface area contributed by atoms with Gasteiger partial charge in [-0.25, -0.2) is 9.97 Å². The van der Waals surface area contributed by atoms with Crippen LogP contribution in [0.15, 0.2) is 30.3 Å². The molecular weight excluding hydrogens is 381 g/mol. The summed E-state index contributed by atoms with van der Waals surface area (Å²) >= 11 is 0. The Labute approximate surface area is 169 Å². The number of anilines is 1. The SMILES string of the molecule is CN(C)CCN1CCN(c2nc(CN)cc(-c3ccc(C(F)(F)F)cc3)n2)CC1. The van der Waals surface area contributed by atoms with Crippen LogP contribution in [0.5, 0.6) is 0 Å². The molecule has 6 nitrogen and oxygen atoms in total. The van der Waals surface area contributed by atoms with Gasteiger partial charge in [-0.3, -0.25) is 4.90 Å². The van der Waals surface area contributed by atoms with E-state index in [4.69, 9.17) is 5.73 Å². The predicted molar refractivity (Wildman–Crippen MR) is 108 cm³/mol. The molecule has 158 valence electrons. The quantitative estimate of drug-likeness (QED) is 0.792. The van der Waals surface area contributed by atoms with Crippen LogP contribution in [-0.2, 0) is 12.7 Å². The molecule has 2 aromatic rings. The van der Waals surface area contributed by atoms with Crippen molar-refractivity contribution < 1.29 is 13.2 Å². The molecule has 2 N–H and O–H groups in total. The highest BCUT2D eigenvalue weighted by Crippen LogP contribution is 2.31. The van der Waals surface area contributed by atoms with Crippen molar-refractivity contribution in [2.24, 2.45) is 5.73 Å². The lowest BCUT2D eigenvalue weighted by atomic mass is 10.1. The lowest BCUT2D eigenvalue weighted by molar-refractivity contribution is -0.137. The van der Waals surface area contributed by atoms with E-state index >= 15 is 0 Å². The van der Waals surface area contributed by atoms with Gasteiger partial charge in [-0.15, -0.1) is 0 Å². The molecule has 1 fully saturated rings. The molecule has 0 amide bonds. The van der Waals surface area contributed by atoms with Crippen molar-refractivity contribution in [1.82, 2.24) is 19.8 Å². The van der Waals surface area contributed by atoms with Gasteiger partial charge in [0.05, 0.1) is 17.0 Å². The van der Waals surface area contributed by atoms with Gasteiger partial charge in [-0.2, -0.15) is 13.2 Å². The molecule has 0 atom stereocenters. The first-order chi connectivity index (χ1) is 13.8. The lowest BCUT2D eigenvalue weighted by Crippen LogP contribution is -2.48. The molecule has 0 bridgehead atoms. The molecule has 1 aromatic heterocycles. The zero-order valence-electron chi connectivity index (χ0n) is 16.8. The molecule has 1 aromatic carbocycles. The minimum absolute atomic E-state index is 0.242. The van der Waals surface area contributed by atoms with Crippen molar-refractivity contribution in [2.45, 2.75) is 12.7 Å². The molecule has 1 saturated heterocycles. The van der Waals surface area contributed by atoms with Gasteiger partial charge in [0.25, 0.3) is 0 Å². The molecule has 0 radical (unpaired) electrons. The van der Waals surface area contributed by atoms with Crippen LogP contribution in [0, 0.1) is 0 Å². The Hall–Kier alpha value is -2.23. The molecule has 1 aliphatic heterocycles. The maximum absolute atomic E-state index is 12.8. The Morgan fingerprint density at radius 1 is 1.03 bits per heavy atom. The summed E-state index contributed by atoms with van der Waals surface area (Å²) in [6.07, 6.45) is -4.36. The van der Waals surface area contributed by atoms with Crippen LogP contribution in [-0.4, -0.2) is 73.1 Å². The molecule has 1 aliphatic rings. The van der Waals surface area contributed by atoms with Crippen molar-refractivity contribution >= 4 is 5.95 Å². The number of nitrogens with zero attached hydrogens (tertiary/aromatic N) is 5. The van der Waals surface area contributed by atoms with E-state index in [1.165, 1.54) is 12.1 Å². The third-order valence-electron chi connectivity index (χ3n) is 5.00. The van der Waals surface area contributed by atoms with Gasteiger partial charge in [-0.1, -0.05) is 12.1 Å². The van der Waals surface area contributed by atoms with Gasteiger partial charge in [0.2, 0.25) is 5.95 Å². The van der Waals surface area contributed by atoms with E-state index in [2.05, 4.69) is 38.8 Å². The molecular formula is C20H27F3N6. The van der Waals surface area contributed by atoms with Crippen LogP contribution in [0.4, 0.5) is 19.1 Å². The first kappa shape index (κ1) is 21.5. The standard InChI is InChI=1S/C20H27F3N6/c1-27(2)7-8-28-9-11-29(12-10-28)19-25-17(14-24)13-18(26-19)15-3-5-16(6-4-15)20(21,22)23/h3-6,13H,7-12,14,24H2,1-2H3. The monoisotopic (exact) mass is 408 g/mol. The molecule has 0 saturated carbocycles. The minimum atomic E-state index is -4.36. The zero-order valence-corrected chi connectivity index (χ0v) is 16.8. The number of halogens is 3. The Bertz CT molecular complexity index is 799. The van der Waals surface area contributed by atoms with E-state index in [0.29, 0.717) is 22.9 Å². The maximum Gasteiger partial charge on any atom is 0.416 e. The van der Waals surface area contributed by atoms with Gasteiger partial charge in [0.1, 0.15) is 0 Å². The van der Waals surface area contributed by atoms with E-state index in [-0.39, 0.29) is 6.54 Å². The van der Waals surface area contributed by atoms with E-state index < -0.39 is 11.7 Å². The zero-order chi connectivity index (χ0) is 21.0. The fourth-order valence-corrected chi connectivity index (χ4v) is 3.22. The van der Waals surface area contributed by atoms with Crippen LogP contribution < -0.4 is 10.6 Å². The van der Waals surface area contributed by atoms with Gasteiger partial charge in [0, 0.05) is 51.4 Å². The third kappa shape index (κ3) is 5.65. The van der Waals surface area contributed by atoms with Crippen molar-refractivity contribution in [3.8, 4) is 11.3 Å². The molecule has 9 heteroatoms. The highest BCUT2D eigenvalue weighted by atomic mass is 19.4. The van der Waals surface area contributed by atoms with E-state index in [9.17, 15) is 13.2 Å². The van der Waals surface area contributed by atoms with Crippen LogP contribution in [0.2, 0.25) is 0 Å². The Morgan fingerprint density at radius 3 is 2.24 bits per heavy atom. The molecule has 3 rings (SSSR count). The second-order valence-electron chi connectivity index (χ2n) is 7.46. The fraction of sp³-hybridized carbons (Fsp3) is 0.500. The number of hydrogen-bond acceptors (Lipinski definition) is 6. The summed E-state index contributed by atoms with van der Waals surface area (Å²) in [5, 5.41) is 0. The third-order valence-corrected chi connectivity index (χ3v) is 5.00. The minimum Gasteiger partial charge on any atom is -0.338 e. The number of likely N-dealkylation sites (N-methyl/N-ethyl adjacent to an activating group) is 1. The summed E-state index contributed by atoms with van der Waals surface area (Å²) < 4.78 is 38.5. The Balaban J connectivity index is 1.76. The highest BCUT2D eigenvalue weighted by Gasteiger charge is 2.30. The number of alkyl halides is 3. The van der Waals surface area contributed by atoms with Gasteiger partial charge < -0.3 is 15.5 Å². The Kier molecular flexibility index (Phi) is 6.71. The molecule has 0 unspecified atom stereocenters. The van der Waals surface area contributed by atoms with Gasteiger partial charge in [-0.05, 0) is 32.3 Å². The molecule has 0 aliphatic carbocycles. The first-order valence-electron chi connectivity index (χ1n) is 9.64. The average Bonchev–Trinajstić information content (AvgIpc) is 2.71. The second-order valence-corrected chi connectivity index (χ2v) is 7.46. The van der Waals surface area contributed by atoms with Crippen LogP contribution in [0.1, 0.15) is 11.3 Å². The van der Waals surface area contributed by atoms with E-state index in [1.54, 1.807) is 6.07 Å². The summed E-state index contributed by atoms with van der Waals surface area (Å²) in [6.45, 7) is 5.70. The van der Waals surface area contributed by atoms with Crippen molar-refractivity contribution in [2.75, 3.05) is 58.3 Å². The average molecular weight is 408 g/mol. The summed E-state index contributed by atoms with van der Waals surface area (Å²) in [6, 6.07) is 6.76. The van der Waals surface area contributed by atoms with Gasteiger partial charge >= 0.3 is 6.18 Å². The summed E-state index contributed by atoms with van der Waals surface area (Å²) in [7, 11) is 4.12. The largest absolute Gasteiger partial charge is 0.416 e. The summed E-state index contributed by atoms with van der Waals surface area (Å²) in [5.41, 5.74) is 6.98.